The number of aromatic amines is 1. The van der Waals surface area contributed by atoms with Gasteiger partial charge in [0.05, 0.1) is 12.2 Å². The molecule has 4 rings (SSSR count). The molecule has 0 spiro atoms. The molecule has 0 radical (unpaired) electrons. The number of hydrogen-bond donors (Lipinski definition) is 4. The highest BCUT2D eigenvalue weighted by Gasteiger charge is 2.23. The van der Waals surface area contributed by atoms with Gasteiger partial charge < -0.3 is 25.5 Å². The van der Waals surface area contributed by atoms with E-state index >= 15 is 0 Å². The van der Waals surface area contributed by atoms with E-state index in [1.807, 2.05) is 62.5 Å². The fourth-order valence-electron chi connectivity index (χ4n) is 4.10. The number of benzene rings is 3. The Bertz CT molecular complexity index is 1340. The number of rotatable bonds is 8. The van der Waals surface area contributed by atoms with Gasteiger partial charge >= 0.3 is 0 Å². The van der Waals surface area contributed by atoms with Gasteiger partial charge in [-0.25, -0.2) is 0 Å². The summed E-state index contributed by atoms with van der Waals surface area (Å²) < 4.78 is 5.69. The molecule has 4 aromatic rings. The second-order valence-corrected chi connectivity index (χ2v) is 8.40. The summed E-state index contributed by atoms with van der Waals surface area (Å²) >= 11 is 0. The molecule has 1 unspecified atom stereocenters. The van der Waals surface area contributed by atoms with Crippen molar-refractivity contribution in [2.45, 2.75) is 32.9 Å². The van der Waals surface area contributed by atoms with E-state index < -0.39 is 12.1 Å². The van der Waals surface area contributed by atoms with Crippen molar-refractivity contribution < 1.29 is 19.4 Å². The second kappa shape index (κ2) is 10.4. The average molecular weight is 472 g/mol. The van der Waals surface area contributed by atoms with Gasteiger partial charge in [-0.1, -0.05) is 43.3 Å². The van der Waals surface area contributed by atoms with Crippen LogP contribution in [0.15, 0.2) is 72.9 Å². The molecule has 0 aliphatic heterocycles. The molecule has 2 amide bonds. The molecule has 0 saturated heterocycles. The summed E-state index contributed by atoms with van der Waals surface area (Å²) in [6.07, 6.45) is 0.762. The van der Waals surface area contributed by atoms with Gasteiger partial charge in [-0.05, 0) is 53.9 Å². The SMILES string of the molecule is CCOc1ccc(-c2ccc(NC(C)=O)cc2)cc1C(=O)N[C@H](O)C(C)c1c[nH]c2ccccc12. The topological polar surface area (TPSA) is 103 Å². The van der Waals surface area contributed by atoms with Crippen molar-refractivity contribution in [1.82, 2.24) is 10.3 Å². The van der Waals surface area contributed by atoms with Crippen molar-refractivity contribution in [3.8, 4) is 16.9 Å². The number of para-hydroxylation sites is 1. The van der Waals surface area contributed by atoms with E-state index in [1.165, 1.54) is 6.92 Å². The molecule has 180 valence electrons. The Morgan fingerprint density at radius 1 is 1.03 bits per heavy atom. The van der Waals surface area contributed by atoms with Crippen molar-refractivity contribution in [2.24, 2.45) is 0 Å². The number of amides is 2. The smallest absolute Gasteiger partial charge is 0.257 e. The maximum atomic E-state index is 13.2. The zero-order valence-electron chi connectivity index (χ0n) is 20.0. The third-order valence-electron chi connectivity index (χ3n) is 5.93. The van der Waals surface area contributed by atoms with Crippen molar-refractivity contribution in [2.75, 3.05) is 11.9 Å². The predicted octanol–water partition coefficient (Wildman–Crippen LogP) is 5.04. The van der Waals surface area contributed by atoms with E-state index in [1.54, 1.807) is 24.3 Å². The monoisotopic (exact) mass is 471 g/mol. The number of H-pyrrole nitrogens is 1. The number of fused-ring (bicyclic) bond motifs is 1. The molecule has 2 atom stereocenters. The standard InChI is InChI=1S/C28H29N3O4/c1-4-35-26-14-11-20(19-9-12-21(13-10-19)30-18(3)32)15-23(26)28(34)31-27(33)17(2)24-16-29-25-8-6-5-7-22(24)25/h5-17,27,29,33H,4H2,1-3H3,(H,30,32)(H,31,34)/t17?,27-/m1/s1. The van der Waals surface area contributed by atoms with E-state index in [-0.39, 0.29) is 11.8 Å². The van der Waals surface area contributed by atoms with E-state index in [2.05, 4.69) is 15.6 Å². The van der Waals surface area contributed by atoms with Crippen LogP contribution in [0.1, 0.15) is 42.6 Å². The summed E-state index contributed by atoms with van der Waals surface area (Å²) in [6.45, 7) is 5.58. The van der Waals surface area contributed by atoms with E-state index in [4.69, 9.17) is 4.74 Å². The number of carbonyl (C=O) groups excluding carboxylic acids is 2. The lowest BCUT2D eigenvalue weighted by atomic mass is 9.98. The molecule has 1 aromatic heterocycles. The lowest BCUT2D eigenvalue weighted by Crippen LogP contribution is -2.38. The number of hydrogen-bond acceptors (Lipinski definition) is 4. The number of aliphatic hydroxyl groups excluding tert-OH is 1. The Balaban J connectivity index is 1.57. The molecule has 3 aromatic carbocycles. The zero-order valence-corrected chi connectivity index (χ0v) is 20.0. The Kier molecular flexibility index (Phi) is 7.17. The minimum Gasteiger partial charge on any atom is -0.493 e. The van der Waals surface area contributed by atoms with Crippen molar-refractivity contribution >= 4 is 28.4 Å². The Hall–Kier alpha value is -4.10. The quantitative estimate of drug-likeness (QED) is 0.270. The first-order valence-corrected chi connectivity index (χ1v) is 11.6. The first-order valence-electron chi connectivity index (χ1n) is 11.6. The van der Waals surface area contributed by atoms with Crippen molar-refractivity contribution in [3.63, 3.8) is 0 Å². The third kappa shape index (κ3) is 5.36. The van der Waals surface area contributed by atoms with Gasteiger partial charge in [0.15, 0.2) is 0 Å². The number of aliphatic hydroxyl groups is 1. The average Bonchev–Trinajstić information content (AvgIpc) is 3.28. The van der Waals surface area contributed by atoms with E-state index in [9.17, 15) is 14.7 Å². The molecule has 35 heavy (non-hydrogen) atoms. The predicted molar refractivity (Wildman–Crippen MR) is 138 cm³/mol. The van der Waals surface area contributed by atoms with E-state index in [0.29, 0.717) is 23.6 Å². The van der Waals surface area contributed by atoms with Crippen molar-refractivity contribution in [1.29, 1.82) is 0 Å². The van der Waals surface area contributed by atoms with Gasteiger partial charge in [0.2, 0.25) is 5.91 Å². The number of carbonyl (C=O) groups is 2. The molecular weight excluding hydrogens is 442 g/mol. The minimum absolute atomic E-state index is 0.141. The maximum Gasteiger partial charge on any atom is 0.257 e. The van der Waals surface area contributed by atoms with Crippen LogP contribution in [0.3, 0.4) is 0 Å². The van der Waals surface area contributed by atoms with Crippen LogP contribution in [-0.2, 0) is 4.79 Å². The van der Waals surface area contributed by atoms with Crippen LogP contribution in [0.5, 0.6) is 5.75 Å². The van der Waals surface area contributed by atoms with Gasteiger partial charge in [0.25, 0.3) is 5.91 Å². The highest BCUT2D eigenvalue weighted by Crippen LogP contribution is 2.30. The summed E-state index contributed by atoms with van der Waals surface area (Å²) in [5, 5.41) is 17.3. The number of aromatic nitrogens is 1. The van der Waals surface area contributed by atoms with Crippen LogP contribution in [0, 0.1) is 0 Å². The molecule has 0 aliphatic rings. The molecular formula is C28H29N3O4. The third-order valence-corrected chi connectivity index (χ3v) is 5.93. The summed E-state index contributed by atoms with van der Waals surface area (Å²) in [6, 6.07) is 20.6. The molecule has 0 bridgehead atoms. The molecule has 4 N–H and O–H groups in total. The summed E-state index contributed by atoms with van der Waals surface area (Å²) in [7, 11) is 0. The van der Waals surface area contributed by atoms with Crippen LogP contribution in [0.25, 0.3) is 22.0 Å². The number of anilines is 1. The molecule has 0 aliphatic carbocycles. The number of ether oxygens (including phenoxy) is 1. The first kappa shape index (κ1) is 24.0. The van der Waals surface area contributed by atoms with Crippen LogP contribution < -0.4 is 15.4 Å². The van der Waals surface area contributed by atoms with Gasteiger partial charge in [-0.15, -0.1) is 0 Å². The van der Waals surface area contributed by atoms with Crippen molar-refractivity contribution in [3.05, 3.63) is 84.1 Å². The summed E-state index contributed by atoms with van der Waals surface area (Å²) in [4.78, 5) is 27.7. The summed E-state index contributed by atoms with van der Waals surface area (Å²) in [5.41, 5.74) is 4.62. The molecule has 0 fully saturated rings. The number of nitrogens with one attached hydrogen (secondary N) is 3. The Morgan fingerprint density at radius 3 is 2.46 bits per heavy atom. The Labute approximate surface area is 204 Å². The first-order chi connectivity index (χ1) is 16.9. The fourth-order valence-corrected chi connectivity index (χ4v) is 4.10. The highest BCUT2D eigenvalue weighted by molar-refractivity contribution is 5.98. The summed E-state index contributed by atoms with van der Waals surface area (Å²) in [5.74, 6) is -0.465. The van der Waals surface area contributed by atoms with Crippen LogP contribution in [-0.4, -0.2) is 34.7 Å². The molecule has 7 heteroatoms. The van der Waals surface area contributed by atoms with Crippen LogP contribution in [0.4, 0.5) is 5.69 Å². The van der Waals surface area contributed by atoms with Crippen LogP contribution >= 0.6 is 0 Å². The Morgan fingerprint density at radius 2 is 1.74 bits per heavy atom. The normalized spacial score (nSPS) is 12.7. The molecule has 0 saturated carbocycles. The van der Waals surface area contributed by atoms with Gasteiger partial charge in [-0.3, -0.25) is 9.59 Å². The lowest BCUT2D eigenvalue weighted by Gasteiger charge is -2.21. The lowest BCUT2D eigenvalue weighted by molar-refractivity contribution is -0.114. The molecule has 1 heterocycles. The largest absolute Gasteiger partial charge is 0.493 e. The second-order valence-electron chi connectivity index (χ2n) is 8.40. The van der Waals surface area contributed by atoms with E-state index in [0.717, 1.165) is 27.6 Å². The maximum absolute atomic E-state index is 13.2. The van der Waals surface area contributed by atoms with Gasteiger partial charge in [0, 0.05) is 35.6 Å². The van der Waals surface area contributed by atoms with Gasteiger partial charge in [0.1, 0.15) is 12.0 Å². The molecule has 7 nitrogen and oxygen atoms in total. The fraction of sp³-hybridized carbons (Fsp3) is 0.214. The van der Waals surface area contributed by atoms with Gasteiger partial charge in [-0.2, -0.15) is 0 Å². The van der Waals surface area contributed by atoms with Crippen LogP contribution in [0.2, 0.25) is 0 Å². The minimum atomic E-state index is -1.10. The highest BCUT2D eigenvalue weighted by atomic mass is 16.5. The zero-order chi connectivity index (χ0) is 24.9.